The molecule has 2 aliphatic rings. The molecule has 1 aromatic carbocycles. The molecule has 1 amide bonds. The van der Waals surface area contributed by atoms with Crippen molar-refractivity contribution in [2.45, 2.75) is 110 Å². The molecule has 0 bridgehead atoms. The van der Waals surface area contributed by atoms with Crippen LogP contribution in [-0.2, 0) is 4.79 Å². The van der Waals surface area contributed by atoms with Crippen molar-refractivity contribution >= 4 is 11.6 Å². The second-order valence-corrected chi connectivity index (χ2v) is 12.0. The molecule has 1 aromatic heterocycles. The summed E-state index contributed by atoms with van der Waals surface area (Å²) < 4.78 is 2.34. The van der Waals surface area contributed by atoms with Gasteiger partial charge in [-0.15, -0.1) is 10.2 Å². The number of aryl methyl sites for hydroxylation is 2. The van der Waals surface area contributed by atoms with Crippen LogP contribution in [0.2, 0.25) is 0 Å². The van der Waals surface area contributed by atoms with Gasteiger partial charge in [0.15, 0.2) is 0 Å². The van der Waals surface area contributed by atoms with E-state index in [1.165, 1.54) is 24.8 Å². The summed E-state index contributed by atoms with van der Waals surface area (Å²) in [6, 6.07) is 6.49. The van der Waals surface area contributed by atoms with Gasteiger partial charge in [-0.25, -0.2) is 0 Å². The average Bonchev–Trinajstić information content (AvgIpc) is 3.43. The molecule has 186 valence electrons. The maximum Gasteiger partial charge on any atom is 0.225 e. The van der Waals surface area contributed by atoms with Crippen molar-refractivity contribution in [2.75, 3.05) is 5.32 Å². The Morgan fingerprint density at radius 1 is 1.21 bits per heavy atom. The number of hydrogen-bond donors (Lipinski definition) is 2. The predicted octanol–water partition coefficient (Wildman–Crippen LogP) is 6.04. The summed E-state index contributed by atoms with van der Waals surface area (Å²) in [5.41, 5.74) is 2.17. The zero-order valence-electron chi connectivity index (χ0n) is 21.8. The smallest absolute Gasteiger partial charge is 0.225 e. The van der Waals surface area contributed by atoms with E-state index in [-0.39, 0.29) is 18.2 Å². The number of anilines is 1. The summed E-state index contributed by atoms with van der Waals surface area (Å²) in [7, 11) is 0. The van der Waals surface area contributed by atoms with E-state index in [4.69, 9.17) is 0 Å². The Kier molecular flexibility index (Phi) is 7.18. The summed E-state index contributed by atoms with van der Waals surface area (Å²) in [4.78, 5) is 13.1. The lowest BCUT2D eigenvalue weighted by Crippen LogP contribution is -2.28. The minimum atomic E-state index is -0.899. The summed E-state index contributed by atoms with van der Waals surface area (Å²) >= 11 is 0. The van der Waals surface area contributed by atoms with Crippen LogP contribution < -0.4 is 5.32 Å². The molecule has 0 saturated heterocycles. The van der Waals surface area contributed by atoms with Crippen molar-refractivity contribution in [1.29, 1.82) is 0 Å². The third-order valence-corrected chi connectivity index (χ3v) is 7.27. The molecule has 2 fully saturated rings. The molecule has 2 aromatic rings. The normalized spacial score (nSPS) is 21.4. The maximum absolute atomic E-state index is 13.1. The summed E-state index contributed by atoms with van der Waals surface area (Å²) in [6.45, 7) is 12.3. The van der Waals surface area contributed by atoms with Gasteiger partial charge in [0.2, 0.25) is 5.91 Å². The molecule has 4 rings (SSSR count). The highest BCUT2D eigenvalue weighted by molar-refractivity contribution is 5.92. The van der Waals surface area contributed by atoms with E-state index in [9.17, 15) is 9.90 Å². The van der Waals surface area contributed by atoms with Gasteiger partial charge in [0.05, 0.1) is 5.60 Å². The highest BCUT2D eigenvalue weighted by Gasteiger charge is 2.40. The van der Waals surface area contributed by atoms with Crippen molar-refractivity contribution in [2.24, 2.45) is 11.8 Å². The topological polar surface area (TPSA) is 80.0 Å². The van der Waals surface area contributed by atoms with E-state index in [0.29, 0.717) is 18.4 Å². The lowest BCUT2D eigenvalue weighted by atomic mass is 9.71. The number of aromatic nitrogens is 3. The molecule has 34 heavy (non-hydrogen) atoms. The Hall–Kier alpha value is -2.21. The van der Waals surface area contributed by atoms with Gasteiger partial charge < -0.3 is 15.0 Å². The van der Waals surface area contributed by atoms with Crippen molar-refractivity contribution in [1.82, 2.24) is 14.8 Å². The molecule has 0 unspecified atom stereocenters. The van der Waals surface area contributed by atoms with Gasteiger partial charge in [-0.2, -0.15) is 0 Å². The Balaban J connectivity index is 1.54. The maximum atomic E-state index is 13.1. The van der Waals surface area contributed by atoms with Gasteiger partial charge in [-0.05, 0) is 89.7 Å². The minimum absolute atomic E-state index is 0.0475. The van der Waals surface area contributed by atoms with E-state index in [1.54, 1.807) is 0 Å². The van der Waals surface area contributed by atoms with Crippen LogP contribution in [0.4, 0.5) is 5.69 Å². The van der Waals surface area contributed by atoms with E-state index in [0.717, 1.165) is 47.6 Å². The highest BCUT2D eigenvalue weighted by Crippen LogP contribution is 2.48. The first-order valence-electron chi connectivity index (χ1n) is 13.0. The summed E-state index contributed by atoms with van der Waals surface area (Å²) in [5, 5.41) is 23.1. The molecule has 6 nitrogen and oxygen atoms in total. The van der Waals surface area contributed by atoms with E-state index < -0.39 is 5.60 Å². The third-order valence-electron chi connectivity index (χ3n) is 7.27. The van der Waals surface area contributed by atoms with Crippen LogP contribution in [0.25, 0.3) is 0 Å². The minimum Gasteiger partial charge on any atom is -0.390 e. The fourth-order valence-corrected chi connectivity index (χ4v) is 5.62. The number of nitrogens with one attached hydrogen (secondary N) is 1. The second-order valence-electron chi connectivity index (χ2n) is 12.0. The van der Waals surface area contributed by atoms with Gasteiger partial charge in [0.25, 0.3) is 0 Å². The summed E-state index contributed by atoms with van der Waals surface area (Å²) in [6.07, 6.45) is 6.69. The van der Waals surface area contributed by atoms with Crippen LogP contribution in [0.1, 0.15) is 113 Å². The van der Waals surface area contributed by atoms with Gasteiger partial charge in [-0.1, -0.05) is 31.5 Å². The molecule has 0 spiro atoms. The first-order chi connectivity index (χ1) is 16.0. The fraction of sp³-hybridized carbons (Fsp3) is 0.679. The second kappa shape index (κ2) is 9.80. The molecule has 1 atom stereocenters. The van der Waals surface area contributed by atoms with Crippen molar-refractivity contribution in [3.8, 4) is 0 Å². The van der Waals surface area contributed by atoms with E-state index in [1.807, 2.05) is 39.8 Å². The van der Waals surface area contributed by atoms with E-state index in [2.05, 4.69) is 40.0 Å². The zero-order valence-corrected chi connectivity index (χ0v) is 21.8. The molecular weight excluding hydrogens is 424 g/mol. The molecular formula is C28H42N4O2. The van der Waals surface area contributed by atoms with Crippen LogP contribution in [-0.4, -0.2) is 31.4 Å². The van der Waals surface area contributed by atoms with E-state index >= 15 is 0 Å². The number of amides is 1. The SMILES string of the molecule is Cc1ccc(NC(=O)C[C@@H](CC(C)(C)O)c2nnc([C@H]3C[C@@H](CC(C)C)C3)n2C2CC2)c(C)c1. The monoisotopic (exact) mass is 466 g/mol. The third kappa shape index (κ3) is 6.07. The molecule has 0 radical (unpaired) electrons. The number of aliphatic hydroxyl groups is 1. The van der Waals surface area contributed by atoms with Gasteiger partial charge >= 0.3 is 0 Å². The number of nitrogens with zero attached hydrogens (tertiary/aromatic N) is 3. The van der Waals surface area contributed by atoms with Crippen LogP contribution in [0, 0.1) is 25.7 Å². The molecule has 0 aliphatic heterocycles. The zero-order chi connectivity index (χ0) is 24.6. The predicted molar refractivity (Wildman–Crippen MR) is 136 cm³/mol. The first-order valence-corrected chi connectivity index (χ1v) is 13.0. The van der Waals surface area contributed by atoms with Crippen molar-refractivity contribution < 1.29 is 9.90 Å². The molecule has 6 heteroatoms. The Labute approximate surface area is 204 Å². The van der Waals surface area contributed by atoms with Crippen LogP contribution >= 0.6 is 0 Å². The highest BCUT2D eigenvalue weighted by atomic mass is 16.3. The van der Waals surface area contributed by atoms with Gasteiger partial charge in [-0.3, -0.25) is 4.79 Å². The molecule has 2 N–H and O–H groups in total. The summed E-state index contributed by atoms with van der Waals surface area (Å²) in [5.74, 6) is 3.74. The molecule has 2 saturated carbocycles. The fourth-order valence-electron chi connectivity index (χ4n) is 5.62. The average molecular weight is 467 g/mol. The van der Waals surface area contributed by atoms with Gasteiger partial charge in [0.1, 0.15) is 11.6 Å². The van der Waals surface area contributed by atoms with Gasteiger partial charge in [0, 0.05) is 30.0 Å². The standard InChI is InChI=1S/C28H42N4O2/c1-17(2)11-20-13-21(14-20)26-30-31-27(32(26)23-8-9-23)22(16-28(5,6)34)15-25(33)29-24-10-7-18(3)12-19(24)4/h7,10,12,17,20-23,34H,8-9,11,13-16H2,1-6H3,(H,29,33)/t20-,21+,22-/m0/s1. The van der Waals surface area contributed by atoms with Crippen LogP contribution in [0.3, 0.4) is 0 Å². The number of carbonyl (C=O) groups is 1. The molecule has 2 aliphatic carbocycles. The Morgan fingerprint density at radius 3 is 2.50 bits per heavy atom. The largest absolute Gasteiger partial charge is 0.390 e. The lowest BCUT2D eigenvalue weighted by molar-refractivity contribution is -0.116. The number of rotatable bonds is 10. The number of benzene rings is 1. The van der Waals surface area contributed by atoms with Crippen molar-refractivity contribution in [3.63, 3.8) is 0 Å². The molecule has 1 heterocycles. The number of carbonyl (C=O) groups excluding carboxylic acids is 1. The van der Waals surface area contributed by atoms with Crippen LogP contribution in [0.15, 0.2) is 18.2 Å². The van der Waals surface area contributed by atoms with Crippen LogP contribution in [0.5, 0.6) is 0 Å². The lowest BCUT2D eigenvalue weighted by Gasteiger charge is -2.36. The van der Waals surface area contributed by atoms with Crippen molar-refractivity contribution in [3.05, 3.63) is 41.0 Å². The Bertz CT molecular complexity index is 1010. The quantitative estimate of drug-likeness (QED) is 0.447. The Morgan fingerprint density at radius 2 is 1.91 bits per heavy atom. The number of hydrogen-bond acceptors (Lipinski definition) is 4. The first kappa shape index (κ1) is 24.9.